The highest BCUT2D eigenvalue weighted by Crippen LogP contribution is 2.26. The Kier molecular flexibility index (Phi) is 4.48. The van der Waals surface area contributed by atoms with Crippen LogP contribution in [0.1, 0.15) is 16.7 Å². The molecule has 25 heavy (non-hydrogen) atoms. The second kappa shape index (κ2) is 6.89. The average molecular weight is 330 g/mol. The molecule has 0 amide bonds. The molecule has 124 valence electrons. The van der Waals surface area contributed by atoms with E-state index in [1.807, 2.05) is 38.1 Å². The van der Waals surface area contributed by atoms with E-state index in [1.54, 1.807) is 24.4 Å². The van der Waals surface area contributed by atoms with Crippen LogP contribution < -0.4 is 16.4 Å². The third-order valence-corrected chi connectivity index (χ3v) is 3.73. The topological polar surface area (TPSA) is 99.6 Å². The molecule has 6 nitrogen and oxygen atoms in total. The van der Waals surface area contributed by atoms with E-state index in [0.29, 0.717) is 17.3 Å². The monoisotopic (exact) mass is 330 g/mol. The summed E-state index contributed by atoms with van der Waals surface area (Å²) in [6.07, 6.45) is 1.68. The molecular formula is C19H18N6. The van der Waals surface area contributed by atoms with Crippen LogP contribution in [-0.2, 0) is 0 Å². The zero-order valence-corrected chi connectivity index (χ0v) is 14.0. The van der Waals surface area contributed by atoms with E-state index in [9.17, 15) is 0 Å². The van der Waals surface area contributed by atoms with Crippen molar-refractivity contribution in [2.75, 3.05) is 16.4 Å². The van der Waals surface area contributed by atoms with E-state index in [0.717, 1.165) is 28.2 Å². The average Bonchev–Trinajstić information content (AvgIpc) is 2.59. The molecule has 0 aliphatic carbocycles. The summed E-state index contributed by atoms with van der Waals surface area (Å²) < 4.78 is 0. The fourth-order valence-electron chi connectivity index (χ4n) is 2.57. The third-order valence-electron chi connectivity index (χ3n) is 3.73. The van der Waals surface area contributed by atoms with Crippen LogP contribution in [0.2, 0.25) is 0 Å². The van der Waals surface area contributed by atoms with Crippen LogP contribution in [-0.4, -0.2) is 9.97 Å². The standard InChI is InChI=1S/C19H18N6/c1-12-9-15(21)10-13(2)18(12)24-17-7-8-22-19(25-17)23-16-5-3-14(11-20)4-6-16/h3-10H,21H2,1-2H3,(H2,22,23,24,25). The highest BCUT2D eigenvalue weighted by Gasteiger charge is 2.06. The Balaban J connectivity index is 1.81. The van der Waals surface area contributed by atoms with Gasteiger partial charge in [-0.25, -0.2) is 4.98 Å². The number of aryl methyl sites for hydroxylation is 2. The maximum Gasteiger partial charge on any atom is 0.229 e. The number of anilines is 5. The number of nitrogens with one attached hydrogen (secondary N) is 2. The van der Waals surface area contributed by atoms with E-state index >= 15 is 0 Å². The van der Waals surface area contributed by atoms with Gasteiger partial charge in [0.1, 0.15) is 5.82 Å². The van der Waals surface area contributed by atoms with E-state index in [4.69, 9.17) is 11.0 Å². The number of aromatic nitrogens is 2. The molecule has 4 N–H and O–H groups in total. The molecule has 0 radical (unpaired) electrons. The Labute approximate surface area is 146 Å². The number of nitrogen functional groups attached to an aromatic ring is 1. The number of rotatable bonds is 4. The lowest BCUT2D eigenvalue weighted by Crippen LogP contribution is -2.03. The zero-order valence-electron chi connectivity index (χ0n) is 14.0. The van der Waals surface area contributed by atoms with E-state index in [-0.39, 0.29) is 0 Å². The third kappa shape index (κ3) is 3.85. The van der Waals surface area contributed by atoms with Crippen molar-refractivity contribution in [3.63, 3.8) is 0 Å². The summed E-state index contributed by atoms with van der Waals surface area (Å²) in [6.45, 7) is 4.01. The largest absolute Gasteiger partial charge is 0.399 e. The molecular weight excluding hydrogens is 312 g/mol. The highest BCUT2D eigenvalue weighted by molar-refractivity contribution is 5.68. The van der Waals surface area contributed by atoms with Crippen molar-refractivity contribution >= 4 is 28.8 Å². The molecule has 1 heterocycles. The van der Waals surface area contributed by atoms with Gasteiger partial charge in [0.25, 0.3) is 0 Å². The van der Waals surface area contributed by atoms with Crippen LogP contribution >= 0.6 is 0 Å². The van der Waals surface area contributed by atoms with Gasteiger partial charge in [0, 0.05) is 23.3 Å². The maximum absolute atomic E-state index is 8.85. The zero-order chi connectivity index (χ0) is 17.8. The molecule has 0 unspecified atom stereocenters. The first-order valence-electron chi connectivity index (χ1n) is 7.79. The predicted octanol–water partition coefficient (Wildman–Crippen LogP) is 4.03. The molecule has 6 heteroatoms. The Hall–Kier alpha value is -3.59. The Morgan fingerprint density at radius 1 is 1.00 bits per heavy atom. The number of nitrogens with two attached hydrogens (primary N) is 1. The lowest BCUT2D eigenvalue weighted by molar-refractivity contribution is 1.16. The van der Waals surface area contributed by atoms with E-state index in [1.165, 1.54) is 0 Å². The van der Waals surface area contributed by atoms with Crippen molar-refractivity contribution in [2.24, 2.45) is 0 Å². The molecule has 2 aromatic carbocycles. The molecule has 0 saturated heterocycles. The van der Waals surface area contributed by atoms with Gasteiger partial charge in [-0.1, -0.05) is 0 Å². The molecule has 0 bridgehead atoms. The molecule has 3 rings (SSSR count). The van der Waals surface area contributed by atoms with Gasteiger partial charge in [-0.05, 0) is 67.4 Å². The van der Waals surface area contributed by atoms with Gasteiger partial charge in [0.05, 0.1) is 11.6 Å². The molecule has 0 fully saturated rings. The summed E-state index contributed by atoms with van der Waals surface area (Å²) >= 11 is 0. The van der Waals surface area contributed by atoms with Crippen LogP contribution in [0.5, 0.6) is 0 Å². The van der Waals surface area contributed by atoms with E-state index < -0.39 is 0 Å². The number of hydrogen-bond donors (Lipinski definition) is 3. The quantitative estimate of drug-likeness (QED) is 0.624. The SMILES string of the molecule is Cc1cc(N)cc(C)c1Nc1ccnc(Nc2ccc(C#N)cc2)n1. The van der Waals surface area contributed by atoms with Gasteiger partial charge in [-0.2, -0.15) is 10.2 Å². The number of hydrogen-bond acceptors (Lipinski definition) is 6. The molecule has 0 spiro atoms. The molecule has 1 aromatic heterocycles. The first kappa shape index (κ1) is 16.3. The minimum absolute atomic E-state index is 0.473. The van der Waals surface area contributed by atoms with Crippen LogP contribution in [0.15, 0.2) is 48.7 Å². The van der Waals surface area contributed by atoms with Crippen molar-refractivity contribution < 1.29 is 0 Å². The molecule has 0 atom stereocenters. The lowest BCUT2D eigenvalue weighted by atomic mass is 10.1. The summed E-state index contributed by atoms with van der Waals surface area (Å²) in [7, 11) is 0. The number of benzene rings is 2. The summed E-state index contributed by atoms with van der Waals surface area (Å²) in [5.74, 6) is 1.16. The highest BCUT2D eigenvalue weighted by atomic mass is 15.1. The van der Waals surface area contributed by atoms with Gasteiger partial charge in [-0.15, -0.1) is 0 Å². The van der Waals surface area contributed by atoms with Crippen LogP contribution in [0.25, 0.3) is 0 Å². The van der Waals surface area contributed by atoms with Crippen LogP contribution in [0.4, 0.5) is 28.8 Å². The van der Waals surface area contributed by atoms with Gasteiger partial charge in [-0.3, -0.25) is 0 Å². The van der Waals surface area contributed by atoms with Gasteiger partial charge in [0.15, 0.2) is 0 Å². The first-order chi connectivity index (χ1) is 12.0. The molecule has 0 aliphatic heterocycles. The van der Waals surface area contributed by atoms with Gasteiger partial charge < -0.3 is 16.4 Å². The summed E-state index contributed by atoms with van der Waals surface area (Å²) in [4.78, 5) is 8.71. The minimum atomic E-state index is 0.473. The Morgan fingerprint density at radius 2 is 1.68 bits per heavy atom. The van der Waals surface area contributed by atoms with Gasteiger partial charge >= 0.3 is 0 Å². The van der Waals surface area contributed by atoms with Crippen LogP contribution in [0, 0.1) is 25.2 Å². The second-order valence-corrected chi connectivity index (χ2v) is 5.73. The molecule has 3 aromatic rings. The maximum atomic E-state index is 8.85. The molecule has 0 saturated carbocycles. The number of nitriles is 1. The smallest absolute Gasteiger partial charge is 0.229 e. The normalized spacial score (nSPS) is 10.1. The van der Waals surface area contributed by atoms with Crippen LogP contribution in [0.3, 0.4) is 0 Å². The van der Waals surface area contributed by atoms with Crippen molar-refractivity contribution in [2.45, 2.75) is 13.8 Å². The van der Waals surface area contributed by atoms with Crippen molar-refractivity contribution in [1.29, 1.82) is 5.26 Å². The Morgan fingerprint density at radius 3 is 2.32 bits per heavy atom. The van der Waals surface area contributed by atoms with Gasteiger partial charge in [0.2, 0.25) is 5.95 Å². The second-order valence-electron chi connectivity index (χ2n) is 5.73. The fraction of sp³-hybridized carbons (Fsp3) is 0.105. The lowest BCUT2D eigenvalue weighted by Gasteiger charge is -2.14. The fourth-order valence-corrected chi connectivity index (χ4v) is 2.57. The Bertz CT molecular complexity index is 918. The van der Waals surface area contributed by atoms with Crippen molar-refractivity contribution in [3.05, 3.63) is 65.4 Å². The van der Waals surface area contributed by atoms with Crippen molar-refractivity contribution in [1.82, 2.24) is 9.97 Å². The minimum Gasteiger partial charge on any atom is -0.399 e. The van der Waals surface area contributed by atoms with Crippen molar-refractivity contribution in [3.8, 4) is 6.07 Å². The molecule has 0 aliphatic rings. The summed E-state index contributed by atoms with van der Waals surface area (Å²) in [6, 6.07) is 14.9. The summed E-state index contributed by atoms with van der Waals surface area (Å²) in [5.41, 5.74) is 11.1. The first-order valence-corrected chi connectivity index (χ1v) is 7.79. The predicted molar refractivity (Wildman–Crippen MR) is 100 cm³/mol. The number of nitrogens with zero attached hydrogens (tertiary/aromatic N) is 3. The van der Waals surface area contributed by atoms with E-state index in [2.05, 4.69) is 26.7 Å². The summed E-state index contributed by atoms with van der Waals surface area (Å²) in [5, 5.41) is 15.3.